The second-order valence-electron chi connectivity index (χ2n) is 10.1. The predicted molar refractivity (Wildman–Crippen MR) is 129 cm³/mol. The summed E-state index contributed by atoms with van der Waals surface area (Å²) in [6.07, 6.45) is 1.66. The third-order valence-electron chi connectivity index (χ3n) is 5.44. The minimum atomic E-state index is -3.82. The number of nitrogens with zero attached hydrogens (tertiary/aromatic N) is 4. The molecule has 0 saturated heterocycles. The smallest absolute Gasteiger partial charge is 0.250 e. The molecule has 1 aliphatic heterocycles. The summed E-state index contributed by atoms with van der Waals surface area (Å²) in [4.78, 5) is 6.02. The van der Waals surface area contributed by atoms with E-state index in [2.05, 4.69) is 15.2 Å². The first-order chi connectivity index (χ1) is 16.3. The van der Waals surface area contributed by atoms with Crippen molar-refractivity contribution in [2.45, 2.75) is 63.6 Å². The summed E-state index contributed by atoms with van der Waals surface area (Å²) in [6.45, 7) is 10.1. The summed E-state index contributed by atoms with van der Waals surface area (Å²) < 4.78 is 52.6. The maximum absolute atomic E-state index is 15.2. The normalized spacial score (nSPS) is 17.8. The van der Waals surface area contributed by atoms with Gasteiger partial charge >= 0.3 is 0 Å². The lowest BCUT2D eigenvalue weighted by Crippen LogP contribution is -2.39. The number of anilines is 1. The SMILES string of the molecule is CC(C)Oc1ccc(CN2C[C@@H](N)CS(=O)(=O)c3cc(F)c(-c4nnc(C(C)(C)C)o4)cc32)cn1. The summed E-state index contributed by atoms with van der Waals surface area (Å²) in [7, 11) is -3.82. The van der Waals surface area contributed by atoms with Crippen molar-refractivity contribution < 1.29 is 22.0 Å². The van der Waals surface area contributed by atoms with E-state index in [0.717, 1.165) is 11.6 Å². The van der Waals surface area contributed by atoms with Gasteiger partial charge in [-0.15, -0.1) is 10.2 Å². The molecule has 0 fully saturated rings. The number of sulfone groups is 1. The van der Waals surface area contributed by atoms with Crippen LogP contribution in [0.4, 0.5) is 10.1 Å². The molecule has 0 bridgehead atoms. The molecule has 0 unspecified atom stereocenters. The van der Waals surface area contributed by atoms with Gasteiger partial charge in [-0.1, -0.05) is 26.8 Å². The van der Waals surface area contributed by atoms with E-state index in [0.29, 0.717) is 24.0 Å². The molecule has 35 heavy (non-hydrogen) atoms. The maximum atomic E-state index is 15.2. The monoisotopic (exact) mass is 503 g/mol. The van der Waals surface area contributed by atoms with Crippen molar-refractivity contribution in [1.82, 2.24) is 15.2 Å². The number of pyridine rings is 1. The molecule has 1 aliphatic rings. The Morgan fingerprint density at radius 2 is 2.00 bits per heavy atom. The number of rotatable bonds is 5. The van der Waals surface area contributed by atoms with Crippen LogP contribution in [0.2, 0.25) is 0 Å². The van der Waals surface area contributed by atoms with Gasteiger partial charge in [-0.3, -0.25) is 0 Å². The Balaban J connectivity index is 1.77. The lowest BCUT2D eigenvalue weighted by Gasteiger charge is -2.26. The second-order valence-corrected chi connectivity index (χ2v) is 12.1. The summed E-state index contributed by atoms with van der Waals surface area (Å²) in [5.74, 6) is -0.219. The van der Waals surface area contributed by atoms with Gasteiger partial charge < -0.3 is 19.8 Å². The van der Waals surface area contributed by atoms with Crippen molar-refractivity contribution in [3.05, 3.63) is 47.7 Å². The quantitative estimate of drug-likeness (QED) is 0.557. The van der Waals surface area contributed by atoms with E-state index in [1.165, 1.54) is 6.07 Å². The highest BCUT2D eigenvalue weighted by molar-refractivity contribution is 7.91. The fraction of sp³-hybridized carbons (Fsp3) is 0.458. The van der Waals surface area contributed by atoms with Gasteiger partial charge in [0.2, 0.25) is 11.8 Å². The first-order valence-electron chi connectivity index (χ1n) is 11.4. The number of benzene rings is 1. The maximum Gasteiger partial charge on any atom is 0.250 e. The Morgan fingerprint density at radius 3 is 2.60 bits per heavy atom. The molecule has 0 aliphatic carbocycles. The molecular weight excluding hydrogens is 473 g/mol. The van der Waals surface area contributed by atoms with E-state index in [1.807, 2.05) is 45.6 Å². The molecule has 1 aromatic carbocycles. The number of hydrogen-bond acceptors (Lipinski definition) is 9. The number of fused-ring (bicyclic) bond motifs is 1. The molecule has 3 aromatic rings. The molecular formula is C24H30FN5O4S. The van der Waals surface area contributed by atoms with E-state index >= 15 is 4.39 Å². The molecule has 0 spiro atoms. The van der Waals surface area contributed by atoms with Gasteiger partial charge in [-0.05, 0) is 31.5 Å². The van der Waals surface area contributed by atoms with E-state index in [1.54, 1.807) is 12.3 Å². The minimum Gasteiger partial charge on any atom is -0.475 e. The molecule has 9 nitrogen and oxygen atoms in total. The molecule has 0 radical (unpaired) electrons. The first-order valence-corrected chi connectivity index (χ1v) is 13.0. The van der Waals surface area contributed by atoms with Crippen molar-refractivity contribution >= 4 is 15.5 Å². The highest BCUT2D eigenvalue weighted by Crippen LogP contribution is 2.37. The lowest BCUT2D eigenvalue weighted by atomic mass is 9.97. The molecule has 1 atom stereocenters. The second kappa shape index (κ2) is 9.19. The average Bonchev–Trinajstić information content (AvgIpc) is 3.21. The van der Waals surface area contributed by atoms with E-state index < -0.39 is 27.1 Å². The molecule has 188 valence electrons. The number of aromatic nitrogens is 3. The van der Waals surface area contributed by atoms with Crippen molar-refractivity contribution in [3.63, 3.8) is 0 Å². The lowest BCUT2D eigenvalue weighted by molar-refractivity contribution is 0.232. The average molecular weight is 504 g/mol. The fourth-order valence-electron chi connectivity index (χ4n) is 3.83. The van der Waals surface area contributed by atoms with E-state index in [9.17, 15) is 8.42 Å². The zero-order valence-electron chi connectivity index (χ0n) is 20.4. The first kappa shape index (κ1) is 25.1. The van der Waals surface area contributed by atoms with Crippen LogP contribution in [-0.2, 0) is 21.8 Å². The highest BCUT2D eigenvalue weighted by atomic mass is 32.2. The van der Waals surface area contributed by atoms with Crippen LogP contribution in [0.5, 0.6) is 5.88 Å². The van der Waals surface area contributed by atoms with E-state index in [-0.39, 0.29) is 34.8 Å². The van der Waals surface area contributed by atoms with Crippen LogP contribution in [0.15, 0.2) is 39.8 Å². The highest BCUT2D eigenvalue weighted by Gasteiger charge is 2.33. The summed E-state index contributed by atoms with van der Waals surface area (Å²) >= 11 is 0. The van der Waals surface area contributed by atoms with Crippen LogP contribution in [0.25, 0.3) is 11.5 Å². The number of halogens is 1. The van der Waals surface area contributed by atoms with Crippen LogP contribution in [-0.4, -0.2) is 48.0 Å². The van der Waals surface area contributed by atoms with Crippen molar-refractivity contribution in [3.8, 4) is 17.3 Å². The summed E-state index contributed by atoms with van der Waals surface area (Å²) in [5, 5.41) is 8.04. The van der Waals surface area contributed by atoms with Crippen LogP contribution >= 0.6 is 0 Å². The van der Waals surface area contributed by atoms with Gasteiger partial charge in [-0.25, -0.2) is 17.8 Å². The fourth-order valence-corrected chi connectivity index (χ4v) is 5.47. The summed E-state index contributed by atoms with van der Waals surface area (Å²) in [5.41, 5.74) is 6.91. The Labute approximate surface area is 204 Å². The molecule has 11 heteroatoms. The van der Waals surface area contributed by atoms with Gasteiger partial charge in [0.25, 0.3) is 5.89 Å². The van der Waals surface area contributed by atoms with Gasteiger partial charge in [-0.2, -0.15) is 0 Å². The largest absolute Gasteiger partial charge is 0.475 e. The third kappa shape index (κ3) is 5.46. The molecule has 4 rings (SSSR count). The Morgan fingerprint density at radius 1 is 1.26 bits per heavy atom. The molecule has 2 aromatic heterocycles. The van der Waals surface area contributed by atoms with Crippen LogP contribution in [0, 0.1) is 5.82 Å². The Bertz CT molecular complexity index is 1320. The van der Waals surface area contributed by atoms with Crippen molar-refractivity contribution in [2.75, 3.05) is 17.2 Å². The van der Waals surface area contributed by atoms with Crippen LogP contribution in [0.1, 0.15) is 46.1 Å². The number of hydrogen-bond donors (Lipinski definition) is 1. The molecule has 2 N–H and O–H groups in total. The zero-order valence-corrected chi connectivity index (χ0v) is 21.3. The standard InChI is InChI=1S/C24H30FN5O4S/c1-14(2)33-21-7-6-15(10-27-21)11-30-12-16(26)13-35(31,32)20-9-18(25)17(8-19(20)30)22-28-29-23(34-22)24(3,4)5/h6-10,14,16H,11-13,26H2,1-5H3/t16-/m1/s1. The van der Waals surface area contributed by atoms with E-state index in [4.69, 9.17) is 14.9 Å². The topological polar surface area (TPSA) is 124 Å². The molecule has 0 amide bonds. The summed E-state index contributed by atoms with van der Waals surface area (Å²) in [6, 6.07) is 5.42. The van der Waals surface area contributed by atoms with Crippen LogP contribution in [0.3, 0.4) is 0 Å². The molecule has 0 saturated carbocycles. The van der Waals surface area contributed by atoms with Crippen molar-refractivity contribution in [1.29, 1.82) is 0 Å². The molecule has 3 heterocycles. The number of ether oxygens (including phenoxy) is 1. The Kier molecular flexibility index (Phi) is 6.58. The van der Waals surface area contributed by atoms with Crippen LogP contribution < -0.4 is 15.4 Å². The van der Waals surface area contributed by atoms with Gasteiger partial charge in [0.1, 0.15) is 5.82 Å². The number of nitrogens with two attached hydrogens (primary N) is 1. The van der Waals surface area contributed by atoms with Gasteiger partial charge in [0.15, 0.2) is 9.84 Å². The third-order valence-corrected chi connectivity index (χ3v) is 7.30. The van der Waals surface area contributed by atoms with Gasteiger partial charge in [0.05, 0.1) is 28.0 Å². The van der Waals surface area contributed by atoms with Gasteiger partial charge in [0, 0.05) is 36.8 Å². The zero-order chi connectivity index (χ0) is 25.5. The minimum absolute atomic E-state index is 0.00847. The Hall–Kier alpha value is -3.05. The predicted octanol–water partition coefficient (Wildman–Crippen LogP) is 3.48. The van der Waals surface area contributed by atoms with Crippen molar-refractivity contribution in [2.24, 2.45) is 5.73 Å².